The molecule has 1 rings (SSSR count). The number of carboxylic acids is 1. The maximum absolute atomic E-state index is 11.9. The Hall–Kier alpha value is -0.710. The molecule has 0 aliphatic heterocycles. The van der Waals surface area contributed by atoms with Crippen molar-refractivity contribution in [3.05, 3.63) is 0 Å². The van der Waals surface area contributed by atoms with Crippen LogP contribution >= 0.6 is 11.8 Å². The van der Waals surface area contributed by atoms with E-state index in [0.29, 0.717) is 19.4 Å². The zero-order valence-corrected chi connectivity index (χ0v) is 12.6. The Balaban J connectivity index is 2.33. The molecule has 0 bridgehead atoms. The Morgan fingerprint density at radius 3 is 2.47 bits per heavy atom. The number of nitrogens with one attached hydrogen (secondary N) is 1. The Morgan fingerprint density at radius 1 is 1.21 bits per heavy atom. The lowest BCUT2D eigenvalue weighted by atomic mass is 9.71. The fraction of sp³-hybridized carbons (Fsp3) is 0.857. The highest BCUT2D eigenvalue weighted by Gasteiger charge is 2.41. The molecule has 0 aromatic heterocycles. The molecule has 0 saturated heterocycles. The van der Waals surface area contributed by atoms with Gasteiger partial charge < -0.3 is 10.4 Å². The molecule has 5 heteroatoms. The van der Waals surface area contributed by atoms with Crippen LogP contribution < -0.4 is 5.32 Å². The van der Waals surface area contributed by atoms with Gasteiger partial charge >= 0.3 is 5.97 Å². The van der Waals surface area contributed by atoms with Gasteiger partial charge in [-0.2, -0.15) is 11.8 Å². The predicted molar refractivity (Wildman–Crippen MR) is 78.4 cm³/mol. The van der Waals surface area contributed by atoms with Crippen molar-refractivity contribution < 1.29 is 14.7 Å². The average Bonchev–Trinajstić information content (AvgIpc) is 2.39. The van der Waals surface area contributed by atoms with Gasteiger partial charge in [-0.15, -0.1) is 0 Å². The van der Waals surface area contributed by atoms with Crippen molar-refractivity contribution in [3.8, 4) is 0 Å². The molecule has 19 heavy (non-hydrogen) atoms. The number of amides is 1. The van der Waals surface area contributed by atoms with Gasteiger partial charge in [0.2, 0.25) is 5.91 Å². The van der Waals surface area contributed by atoms with Crippen LogP contribution in [0.3, 0.4) is 0 Å². The first kappa shape index (κ1) is 16.3. The van der Waals surface area contributed by atoms with E-state index in [1.165, 1.54) is 0 Å². The lowest BCUT2D eigenvalue weighted by Crippen LogP contribution is -2.39. The number of carbonyl (C=O) groups is 2. The maximum Gasteiger partial charge on any atom is 0.310 e. The Bertz CT molecular complexity index is 301. The first-order valence-electron chi connectivity index (χ1n) is 7.10. The van der Waals surface area contributed by atoms with Crippen molar-refractivity contribution in [1.82, 2.24) is 5.32 Å². The quantitative estimate of drug-likeness (QED) is 0.674. The molecule has 0 aromatic carbocycles. The number of aliphatic carboxylic acids is 1. The number of rotatable bonds is 8. The predicted octanol–water partition coefficient (Wildman–Crippen LogP) is 2.67. The minimum absolute atomic E-state index is 0.103. The minimum atomic E-state index is -0.804. The third-order valence-electron chi connectivity index (χ3n) is 3.86. The highest BCUT2D eigenvalue weighted by molar-refractivity contribution is 7.98. The van der Waals surface area contributed by atoms with Crippen molar-refractivity contribution in [1.29, 1.82) is 0 Å². The monoisotopic (exact) mass is 287 g/mol. The molecule has 1 amide bonds. The first-order valence-corrected chi connectivity index (χ1v) is 8.49. The van der Waals surface area contributed by atoms with Crippen LogP contribution in [0.15, 0.2) is 0 Å². The molecule has 1 saturated carbocycles. The topological polar surface area (TPSA) is 66.4 Å². The van der Waals surface area contributed by atoms with Crippen LogP contribution in [0.4, 0.5) is 0 Å². The molecule has 1 fully saturated rings. The largest absolute Gasteiger partial charge is 0.481 e. The van der Waals surface area contributed by atoms with Gasteiger partial charge in [-0.05, 0) is 37.7 Å². The molecule has 0 aromatic rings. The summed E-state index contributed by atoms with van der Waals surface area (Å²) in [6.45, 7) is 0.662. The molecule has 0 spiro atoms. The minimum Gasteiger partial charge on any atom is -0.481 e. The van der Waals surface area contributed by atoms with E-state index in [1.54, 1.807) is 11.8 Å². The third-order valence-corrected chi connectivity index (χ3v) is 4.56. The molecule has 0 heterocycles. The number of carboxylic acid groups (broad SMARTS) is 1. The highest BCUT2D eigenvalue weighted by Crippen LogP contribution is 2.39. The molecule has 0 radical (unpaired) electrons. The van der Waals surface area contributed by atoms with Gasteiger partial charge in [0.25, 0.3) is 0 Å². The van der Waals surface area contributed by atoms with E-state index in [0.717, 1.165) is 37.9 Å². The number of hydrogen-bond acceptors (Lipinski definition) is 3. The van der Waals surface area contributed by atoms with Gasteiger partial charge in [-0.25, -0.2) is 0 Å². The van der Waals surface area contributed by atoms with Gasteiger partial charge in [0, 0.05) is 13.0 Å². The smallest absolute Gasteiger partial charge is 0.310 e. The summed E-state index contributed by atoms with van der Waals surface area (Å²) in [5.74, 6) is 0.202. The molecule has 1 aliphatic rings. The van der Waals surface area contributed by atoms with Gasteiger partial charge in [0.15, 0.2) is 0 Å². The Morgan fingerprint density at radius 2 is 1.89 bits per heavy atom. The molecule has 2 N–H and O–H groups in total. The van der Waals surface area contributed by atoms with E-state index < -0.39 is 11.4 Å². The van der Waals surface area contributed by atoms with Crippen LogP contribution in [0, 0.1) is 5.41 Å². The highest BCUT2D eigenvalue weighted by atomic mass is 32.2. The lowest BCUT2D eigenvalue weighted by molar-refractivity contribution is -0.154. The van der Waals surface area contributed by atoms with Crippen LogP contribution in [0.25, 0.3) is 0 Å². The van der Waals surface area contributed by atoms with Gasteiger partial charge in [0.05, 0.1) is 5.41 Å². The van der Waals surface area contributed by atoms with E-state index in [2.05, 4.69) is 11.6 Å². The molecule has 0 atom stereocenters. The zero-order chi connectivity index (χ0) is 14.1. The van der Waals surface area contributed by atoms with Crippen molar-refractivity contribution >= 4 is 23.6 Å². The fourth-order valence-electron chi connectivity index (χ4n) is 2.66. The summed E-state index contributed by atoms with van der Waals surface area (Å²) in [6.07, 6.45) is 8.48. The van der Waals surface area contributed by atoms with Crippen LogP contribution in [0.5, 0.6) is 0 Å². The van der Waals surface area contributed by atoms with Crippen LogP contribution in [0.2, 0.25) is 0 Å². The molecule has 4 nitrogen and oxygen atoms in total. The number of hydrogen-bond donors (Lipinski definition) is 2. The average molecular weight is 287 g/mol. The summed E-state index contributed by atoms with van der Waals surface area (Å²) in [7, 11) is 0. The number of carbonyl (C=O) groups excluding carboxylic acids is 1. The standard InChI is InChI=1S/C14H25NO3S/c1-19-10-6-5-9-15-12(16)11-14(13(17)18)7-3-2-4-8-14/h2-11H2,1H3,(H,15,16)(H,17,18). The van der Waals surface area contributed by atoms with Crippen LogP contribution in [0.1, 0.15) is 51.4 Å². The molecular weight excluding hydrogens is 262 g/mol. The molecule has 0 unspecified atom stereocenters. The molecular formula is C14H25NO3S. The summed E-state index contributed by atoms with van der Waals surface area (Å²) in [5, 5.41) is 12.3. The summed E-state index contributed by atoms with van der Waals surface area (Å²) in [6, 6.07) is 0. The molecule has 110 valence electrons. The van der Waals surface area contributed by atoms with E-state index in [1.807, 2.05) is 0 Å². The van der Waals surface area contributed by atoms with Crippen molar-refractivity contribution in [2.75, 3.05) is 18.6 Å². The van der Waals surface area contributed by atoms with Crippen molar-refractivity contribution in [2.45, 2.75) is 51.4 Å². The fourth-order valence-corrected chi connectivity index (χ4v) is 3.16. The maximum atomic E-state index is 11.9. The van der Waals surface area contributed by atoms with Crippen LogP contribution in [-0.2, 0) is 9.59 Å². The Labute approximate surface area is 119 Å². The summed E-state index contributed by atoms with van der Waals surface area (Å²) in [5.41, 5.74) is -0.804. The van der Waals surface area contributed by atoms with Crippen molar-refractivity contribution in [2.24, 2.45) is 5.41 Å². The second kappa shape index (κ2) is 8.46. The third kappa shape index (κ3) is 5.43. The Kier molecular flexibility index (Phi) is 7.28. The van der Waals surface area contributed by atoms with E-state index in [4.69, 9.17) is 0 Å². The second-order valence-corrected chi connectivity index (χ2v) is 6.36. The summed E-state index contributed by atoms with van der Waals surface area (Å²) < 4.78 is 0. The van der Waals surface area contributed by atoms with E-state index >= 15 is 0 Å². The SMILES string of the molecule is CSCCCCNC(=O)CC1(C(=O)O)CCCCC1. The summed E-state index contributed by atoms with van der Waals surface area (Å²) in [4.78, 5) is 23.3. The van der Waals surface area contributed by atoms with Gasteiger partial charge in [0.1, 0.15) is 0 Å². The van der Waals surface area contributed by atoms with Gasteiger partial charge in [-0.3, -0.25) is 9.59 Å². The van der Waals surface area contributed by atoms with Crippen LogP contribution in [-0.4, -0.2) is 35.5 Å². The van der Waals surface area contributed by atoms with E-state index in [-0.39, 0.29) is 12.3 Å². The number of thioether (sulfide) groups is 1. The second-order valence-electron chi connectivity index (χ2n) is 5.37. The lowest BCUT2D eigenvalue weighted by Gasteiger charge is -2.32. The van der Waals surface area contributed by atoms with Crippen molar-refractivity contribution in [3.63, 3.8) is 0 Å². The normalized spacial score (nSPS) is 17.9. The van der Waals surface area contributed by atoms with E-state index in [9.17, 15) is 14.7 Å². The molecule has 1 aliphatic carbocycles. The zero-order valence-electron chi connectivity index (χ0n) is 11.7. The number of unbranched alkanes of at least 4 members (excludes halogenated alkanes) is 1. The first-order chi connectivity index (χ1) is 9.10. The van der Waals surface area contributed by atoms with Gasteiger partial charge in [-0.1, -0.05) is 19.3 Å². The summed E-state index contributed by atoms with van der Waals surface area (Å²) >= 11 is 1.80.